The lowest BCUT2D eigenvalue weighted by molar-refractivity contribution is 0.230. The zero-order chi connectivity index (χ0) is 23.4. The summed E-state index contributed by atoms with van der Waals surface area (Å²) in [5, 5.41) is 22.5. The summed E-state index contributed by atoms with van der Waals surface area (Å²) in [5.74, 6) is -2.70. The number of anilines is 2. The zero-order valence-corrected chi connectivity index (χ0v) is 17.8. The van der Waals surface area contributed by atoms with Gasteiger partial charge in [0.25, 0.3) is 0 Å². The zero-order valence-electron chi connectivity index (χ0n) is 17.0. The van der Waals surface area contributed by atoms with Crippen molar-refractivity contribution >= 4 is 39.3 Å². The van der Waals surface area contributed by atoms with Crippen LogP contribution in [0.1, 0.15) is 17.5 Å². The number of benzene rings is 1. The van der Waals surface area contributed by atoms with Gasteiger partial charge in [-0.25, -0.2) is 23.1 Å². The lowest BCUT2D eigenvalue weighted by Gasteiger charge is -2.34. The van der Waals surface area contributed by atoms with Gasteiger partial charge >= 0.3 is 0 Å². The van der Waals surface area contributed by atoms with Crippen molar-refractivity contribution in [2.45, 2.75) is 16.7 Å². The molecule has 33 heavy (non-hydrogen) atoms. The third-order valence-corrected chi connectivity index (χ3v) is 7.46. The first-order valence-corrected chi connectivity index (χ1v) is 10.8. The number of nitrogens with zero attached hydrogens (tertiary/aromatic N) is 4. The highest BCUT2D eigenvalue weighted by Crippen LogP contribution is 2.66. The average Bonchev–Trinajstić information content (AvgIpc) is 3.56. The Morgan fingerprint density at radius 1 is 1.30 bits per heavy atom. The third-order valence-electron chi connectivity index (χ3n) is 6.18. The standard InChI is InChI=1S/C22H17F3N6OS/c23-9-22(16-6-21(16,10-32)33-20(27)31-22)14-4-13(5-15(24)17(14)25)30-19-18-12(1-2-28-19)3-11(7-26)8-29-18/h1-5,8,16,32H,6,9-10H2,(H2,27,31)(H,28,30)/t16?,21-,22+/m0/s1. The molecule has 168 valence electrons. The van der Waals surface area contributed by atoms with Gasteiger partial charge in [0.2, 0.25) is 0 Å². The number of nitrogens with two attached hydrogens (primary N) is 1. The molecule has 1 aliphatic carbocycles. The maximum Gasteiger partial charge on any atom is 0.164 e. The van der Waals surface area contributed by atoms with Crippen LogP contribution in [0.5, 0.6) is 0 Å². The Balaban J connectivity index is 1.61. The smallest absolute Gasteiger partial charge is 0.164 e. The minimum Gasteiger partial charge on any atom is -0.395 e. The number of aliphatic hydroxyl groups excluding tert-OH is 1. The Bertz CT molecular complexity index is 1360. The molecule has 0 bridgehead atoms. The van der Waals surface area contributed by atoms with E-state index in [0.29, 0.717) is 22.9 Å². The molecule has 3 atom stereocenters. The van der Waals surface area contributed by atoms with Gasteiger partial charge in [-0.1, -0.05) is 11.8 Å². The number of pyridine rings is 2. The van der Waals surface area contributed by atoms with Gasteiger partial charge < -0.3 is 16.2 Å². The number of thioether (sulfide) groups is 1. The van der Waals surface area contributed by atoms with Crippen molar-refractivity contribution in [3.63, 3.8) is 0 Å². The first-order chi connectivity index (χ1) is 15.9. The lowest BCUT2D eigenvalue weighted by Crippen LogP contribution is -2.41. The second kappa shape index (κ2) is 7.60. The lowest BCUT2D eigenvalue weighted by atomic mass is 9.84. The molecule has 0 radical (unpaired) electrons. The van der Waals surface area contributed by atoms with Crippen LogP contribution in [0.25, 0.3) is 10.9 Å². The van der Waals surface area contributed by atoms with Crippen molar-refractivity contribution in [1.29, 1.82) is 5.26 Å². The first-order valence-electron chi connectivity index (χ1n) is 9.98. The van der Waals surface area contributed by atoms with E-state index in [0.717, 1.165) is 17.8 Å². The molecule has 1 aliphatic heterocycles. The SMILES string of the molecule is N#Cc1cnc2c(Nc3cc(F)c(F)c([C@@]4(CF)N=C(N)S[C@]5(CO)CC54)c3)nccc2c1. The molecule has 2 aliphatic rings. The Morgan fingerprint density at radius 3 is 2.85 bits per heavy atom. The van der Waals surface area contributed by atoms with E-state index >= 15 is 4.39 Å². The van der Waals surface area contributed by atoms with Crippen molar-refractivity contribution < 1.29 is 18.3 Å². The molecule has 4 N–H and O–H groups in total. The van der Waals surface area contributed by atoms with Gasteiger partial charge in [0, 0.05) is 41.0 Å². The molecule has 3 aromatic rings. The normalized spacial score (nSPS) is 25.8. The van der Waals surface area contributed by atoms with Crippen LogP contribution in [-0.4, -0.2) is 38.3 Å². The van der Waals surface area contributed by atoms with Crippen LogP contribution in [-0.2, 0) is 5.54 Å². The highest BCUT2D eigenvalue weighted by Gasteiger charge is 2.68. The van der Waals surface area contributed by atoms with E-state index in [1.807, 2.05) is 6.07 Å². The van der Waals surface area contributed by atoms with Crippen molar-refractivity contribution in [2.75, 3.05) is 18.6 Å². The summed E-state index contributed by atoms with van der Waals surface area (Å²) in [6.45, 7) is -1.38. The van der Waals surface area contributed by atoms with Gasteiger partial charge in [-0.2, -0.15) is 5.26 Å². The fourth-order valence-electron chi connectivity index (χ4n) is 4.48. The Kier molecular flexibility index (Phi) is 4.95. The maximum atomic E-state index is 15.0. The number of hydrogen-bond donors (Lipinski definition) is 3. The number of aliphatic imine (C=N–C) groups is 1. The molecular weight excluding hydrogens is 453 g/mol. The summed E-state index contributed by atoms with van der Waals surface area (Å²) in [4.78, 5) is 12.7. The summed E-state index contributed by atoms with van der Waals surface area (Å²) in [5.41, 5.74) is 4.77. The average molecular weight is 470 g/mol. The van der Waals surface area contributed by atoms with Gasteiger partial charge in [-0.05, 0) is 24.6 Å². The fraction of sp³-hybridized carbons (Fsp3) is 0.273. The number of alkyl halides is 1. The van der Waals surface area contributed by atoms with Crippen LogP contribution >= 0.6 is 11.8 Å². The number of amidine groups is 1. The molecule has 2 aromatic heterocycles. The second-order valence-corrected chi connectivity index (χ2v) is 9.54. The molecule has 5 rings (SSSR count). The van der Waals surface area contributed by atoms with E-state index in [2.05, 4.69) is 20.3 Å². The topological polar surface area (TPSA) is 120 Å². The number of aliphatic hydroxyl groups is 1. The fourth-order valence-corrected chi connectivity index (χ4v) is 5.76. The van der Waals surface area contributed by atoms with Gasteiger partial charge in [-0.3, -0.25) is 4.98 Å². The van der Waals surface area contributed by atoms with Crippen molar-refractivity contribution in [3.05, 3.63) is 59.4 Å². The minimum atomic E-state index is -1.74. The summed E-state index contributed by atoms with van der Waals surface area (Å²) < 4.78 is 43.5. The van der Waals surface area contributed by atoms with Crippen LogP contribution in [0.2, 0.25) is 0 Å². The van der Waals surface area contributed by atoms with Gasteiger partial charge in [0.1, 0.15) is 23.8 Å². The molecule has 1 unspecified atom stereocenters. The molecule has 0 saturated heterocycles. The van der Waals surface area contributed by atoms with Crippen LogP contribution in [0.3, 0.4) is 0 Å². The number of nitriles is 1. The summed E-state index contributed by atoms with van der Waals surface area (Å²) in [6, 6.07) is 7.52. The Hall–Kier alpha value is -3.36. The van der Waals surface area contributed by atoms with E-state index in [4.69, 9.17) is 11.0 Å². The summed E-state index contributed by atoms with van der Waals surface area (Å²) in [7, 11) is 0. The monoisotopic (exact) mass is 470 g/mol. The van der Waals surface area contributed by atoms with Crippen LogP contribution < -0.4 is 11.1 Å². The van der Waals surface area contributed by atoms with E-state index in [1.54, 1.807) is 12.1 Å². The quantitative estimate of drug-likeness (QED) is 0.522. The number of nitrogens with one attached hydrogen (secondary N) is 1. The van der Waals surface area contributed by atoms with E-state index in [-0.39, 0.29) is 28.8 Å². The molecule has 1 saturated carbocycles. The number of rotatable bonds is 5. The molecule has 0 amide bonds. The maximum absolute atomic E-state index is 15.0. The van der Waals surface area contributed by atoms with Crippen LogP contribution in [0.15, 0.2) is 41.7 Å². The minimum absolute atomic E-state index is 0.0156. The van der Waals surface area contributed by atoms with Crippen molar-refractivity contribution in [3.8, 4) is 6.07 Å². The van der Waals surface area contributed by atoms with Crippen molar-refractivity contribution in [1.82, 2.24) is 9.97 Å². The van der Waals surface area contributed by atoms with E-state index in [9.17, 15) is 13.9 Å². The van der Waals surface area contributed by atoms with E-state index < -0.39 is 34.5 Å². The second-order valence-electron chi connectivity index (χ2n) is 8.10. The number of halogens is 3. The summed E-state index contributed by atoms with van der Waals surface area (Å²) in [6.07, 6.45) is 3.24. The molecule has 7 nitrogen and oxygen atoms in total. The molecule has 1 aromatic carbocycles. The predicted molar refractivity (Wildman–Crippen MR) is 119 cm³/mol. The van der Waals surface area contributed by atoms with Gasteiger partial charge in [-0.15, -0.1) is 0 Å². The number of aromatic nitrogens is 2. The van der Waals surface area contributed by atoms with Gasteiger partial charge in [0.15, 0.2) is 22.6 Å². The van der Waals surface area contributed by atoms with Crippen LogP contribution in [0, 0.1) is 28.9 Å². The highest BCUT2D eigenvalue weighted by atomic mass is 32.2. The summed E-state index contributed by atoms with van der Waals surface area (Å²) >= 11 is 1.13. The highest BCUT2D eigenvalue weighted by molar-refractivity contribution is 8.15. The van der Waals surface area contributed by atoms with Crippen LogP contribution in [0.4, 0.5) is 24.7 Å². The van der Waals surface area contributed by atoms with Gasteiger partial charge in [0.05, 0.1) is 16.9 Å². The molecule has 3 heterocycles. The Labute approximate surface area is 190 Å². The predicted octanol–water partition coefficient (Wildman–Crippen LogP) is 3.50. The van der Waals surface area contributed by atoms with Crippen molar-refractivity contribution in [2.24, 2.45) is 16.6 Å². The first kappa shape index (κ1) is 21.5. The Morgan fingerprint density at radius 2 is 2.12 bits per heavy atom. The molecule has 1 fully saturated rings. The number of hydrogen-bond acceptors (Lipinski definition) is 8. The molecular formula is C22H17F3N6OS. The molecule has 11 heteroatoms. The third kappa shape index (κ3) is 3.29. The molecule has 0 spiro atoms. The number of fused-ring (bicyclic) bond motifs is 2. The van der Waals surface area contributed by atoms with E-state index in [1.165, 1.54) is 18.5 Å². The largest absolute Gasteiger partial charge is 0.395 e.